The molecule has 0 fully saturated rings. The van der Waals surface area contributed by atoms with Crippen molar-refractivity contribution in [2.75, 3.05) is 0 Å². The molecule has 0 atom stereocenters. The van der Waals surface area contributed by atoms with Crippen molar-refractivity contribution in [2.45, 2.75) is 18.2 Å². The third kappa shape index (κ3) is 1.46. The summed E-state index contributed by atoms with van der Waals surface area (Å²) in [4.78, 5) is 0.744. The van der Waals surface area contributed by atoms with Crippen LogP contribution in [0.5, 0.6) is 0 Å². The normalized spacial score (nSPS) is 11.0. The third-order valence-corrected chi connectivity index (χ3v) is 3.41. The minimum Gasteiger partial charge on any atom is -0.207 e. The van der Waals surface area contributed by atoms with Crippen molar-refractivity contribution >= 4 is 34.1 Å². The molecule has 0 saturated heterocycles. The van der Waals surface area contributed by atoms with Gasteiger partial charge in [0.1, 0.15) is 5.82 Å². The van der Waals surface area contributed by atoms with Crippen LogP contribution in [0.15, 0.2) is 22.4 Å². The number of thiophene rings is 1. The quantitative estimate of drug-likeness (QED) is 0.681. The topological polar surface area (TPSA) is 0 Å². The largest absolute Gasteiger partial charge is 0.207 e. The van der Waals surface area contributed by atoms with E-state index in [4.69, 9.17) is 0 Å². The van der Waals surface area contributed by atoms with Gasteiger partial charge in [-0.3, -0.25) is 0 Å². The lowest BCUT2D eigenvalue weighted by atomic mass is 10.1. The van der Waals surface area contributed by atoms with Crippen LogP contribution in [0.2, 0.25) is 0 Å². The number of hydrogen-bond donors (Lipinski definition) is 1. The second-order valence-electron chi connectivity index (χ2n) is 2.91. The van der Waals surface area contributed by atoms with Crippen LogP contribution in [-0.2, 0) is 6.42 Å². The molecule has 0 radical (unpaired) electrons. The second-order valence-corrected chi connectivity index (χ2v) is 4.31. The SMILES string of the molecule is CCc1csc2cc(F)cc(S)c12. The number of halogens is 1. The molecular formula is C10H9FS2. The fourth-order valence-electron chi connectivity index (χ4n) is 1.44. The molecule has 0 aliphatic carbocycles. The van der Waals surface area contributed by atoms with E-state index < -0.39 is 0 Å². The summed E-state index contributed by atoms with van der Waals surface area (Å²) in [7, 11) is 0. The summed E-state index contributed by atoms with van der Waals surface area (Å²) in [5, 5.41) is 3.18. The molecule has 0 N–H and O–H groups in total. The summed E-state index contributed by atoms with van der Waals surface area (Å²) < 4.78 is 14.0. The minimum absolute atomic E-state index is 0.206. The van der Waals surface area contributed by atoms with Crippen LogP contribution in [0.3, 0.4) is 0 Å². The highest BCUT2D eigenvalue weighted by Gasteiger charge is 2.07. The van der Waals surface area contributed by atoms with Gasteiger partial charge in [0.25, 0.3) is 0 Å². The highest BCUT2D eigenvalue weighted by molar-refractivity contribution is 7.80. The van der Waals surface area contributed by atoms with Crippen molar-refractivity contribution in [3.8, 4) is 0 Å². The Hall–Kier alpha value is -0.540. The standard InChI is InChI=1S/C10H9FS2/c1-2-6-5-13-9-4-7(11)3-8(12)10(6)9/h3-5,12H,2H2,1H3. The van der Waals surface area contributed by atoms with E-state index in [9.17, 15) is 4.39 Å². The predicted octanol–water partition coefficient (Wildman–Crippen LogP) is 3.89. The lowest BCUT2D eigenvalue weighted by Gasteiger charge is -1.98. The molecule has 0 unspecified atom stereocenters. The van der Waals surface area contributed by atoms with Crippen molar-refractivity contribution in [2.24, 2.45) is 0 Å². The molecule has 68 valence electrons. The highest BCUT2D eigenvalue weighted by atomic mass is 32.1. The Bertz CT molecular complexity index is 445. The molecule has 3 heteroatoms. The molecule has 13 heavy (non-hydrogen) atoms. The van der Waals surface area contributed by atoms with Crippen LogP contribution in [0.25, 0.3) is 10.1 Å². The summed E-state index contributed by atoms with van der Waals surface area (Å²) in [5.41, 5.74) is 1.25. The van der Waals surface area contributed by atoms with E-state index in [0.717, 1.165) is 21.4 Å². The zero-order valence-corrected chi connectivity index (χ0v) is 8.88. The first-order chi connectivity index (χ1) is 6.22. The van der Waals surface area contributed by atoms with Gasteiger partial charge in [0, 0.05) is 15.0 Å². The number of aryl methyl sites for hydroxylation is 1. The lowest BCUT2D eigenvalue weighted by Crippen LogP contribution is -1.79. The Balaban J connectivity index is 2.82. The van der Waals surface area contributed by atoms with E-state index in [1.54, 1.807) is 17.4 Å². The predicted molar refractivity (Wildman–Crippen MR) is 58.4 cm³/mol. The van der Waals surface area contributed by atoms with Crippen LogP contribution in [0, 0.1) is 5.82 Å². The van der Waals surface area contributed by atoms with Crippen molar-refractivity contribution in [1.29, 1.82) is 0 Å². The van der Waals surface area contributed by atoms with Crippen LogP contribution < -0.4 is 0 Å². The molecule has 0 aliphatic rings. The molecule has 0 saturated carbocycles. The van der Waals surface area contributed by atoms with E-state index in [0.29, 0.717) is 0 Å². The monoisotopic (exact) mass is 212 g/mol. The van der Waals surface area contributed by atoms with Gasteiger partial charge in [-0.2, -0.15) is 0 Å². The van der Waals surface area contributed by atoms with Crippen LogP contribution >= 0.6 is 24.0 Å². The zero-order valence-electron chi connectivity index (χ0n) is 7.17. The number of fused-ring (bicyclic) bond motifs is 1. The maximum atomic E-state index is 13.0. The number of thiol groups is 1. The minimum atomic E-state index is -0.206. The Morgan fingerprint density at radius 2 is 2.23 bits per heavy atom. The fraction of sp³-hybridized carbons (Fsp3) is 0.200. The van der Waals surface area contributed by atoms with Gasteiger partial charge in [-0.25, -0.2) is 4.39 Å². The van der Waals surface area contributed by atoms with E-state index in [-0.39, 0.29) is 5.82 Å². The van der Waals surface area contributed by atoms with Gasteiger partial charge >= 0.3 is 0 Å². The highest BCUT2D eigenvalue weighted by Crippen LogP contribution is 2.32. The van der Waals surface area contributed by atoms with Crippen molar-refractivity contribution in [3.05, 3.63) is 28.9 Å². The smallest absolute Gasteiger partial charge is 0.125 e. The summed E-state index contributed by atoms with van der Waals surface area (Å²) in [5.74, 6) is -0.206. The molecule has 1 aromatic carbocycles. The molecule has 1 aromatic heterocycles. The molecular weight excluding hydrogens is 203 g/mol. The summed E-state index contributed by atoms with van der Waals surface area (Å²) in [6.07, 6.45) is 0.971. The van der Waals surface area contributed by atoms with Gasteiger partial charge in [-0.05, 0) is 29.5 Å². The maximum Gasteiger partial charge on any atom is 0.125 e. The van der Waals surface area contributed by atoms with Gasteiger partial charge in [0.15, 0.2) is 0 Å². The average Bonchev–Trinajstić information content (AvgIpc) is 2.47. The third-order valence-electron chi connectivity index (χ3n) is 2.08. The Kier molecular flexibility index (Phi) is 2.30. The van der Waals surface area contributed by atoms with E-state index in [1.165, 1.54) is 11.6 Å². The molecule has 2 aromatic rings. The van der Waals surface area contributed by atoms with Gasteiger partial charge in [-0.15, -0.1) is 24.0 Å². The number of rotatable bonds is 1. The van der Waals surface area contributed by atoms with Crippen molar-refractivity contribution in [3.63, 3.8) is 0 Å². The molecule has 0 bridgehead atoms. The van der Waals surface area contributed by atoms with Crippen LogP contribution in [0.4, 0.5) is 4.39 Å². The summed E-state index contributed by atoms with van der Waals surface area (Å²) in [6, 6.07) is 3.04. The lowest BCUT2D eigenvalue weighted by molar-refractivity contribution is 0.627. The molecule has 0 amide bonds. The molecule has 0 nitrogen and oxygen atoms in total. The van der Waals surface area contributed by atoms with Crippen LogP contribution in [0.1, 0.15) is 12.5 Å². The average molecular weight is 212 g/mol. The zero-order chi connectivity index (χ0) is 9.42. The second kappa shape index (κ2) is 3.31. The molecule has 0 spiro atoms. The van der Waals surface area contributed by atoms with E-state index >= 15 is 0 Å². The Morgan fingerprint density at radius 1 is 1.46 bits per heavy atom. The first kappa shape index (κ1) is 9.03. The number of benzene rings is 1. The molecule has 1 heterocycles. The van der Waals surface area contributed by atoms with E-state index in [1.807, 2.05) is 0 Å². The first-order valence-corrected chi connectivity index (χ1v) is 5.43. The molecule has 2 rings (SSSR count). The van der Waals surface area contributed by atoms with Gasteiger partial charge in [0.2, 0.25) is 0 Å². The van der Waals surface area contributed by atoms with Gasteiger partial charge in [-0.1, -0.05) is 6.92 Å². The summed E-state index contributed by atoms with van der Waals surface area (Å²) >= 11 is 5.85. The maximum absolute atomic E-state index is 13.0. The van der Waals surface area contributed by atoms with Crippen molar-refractivity contribution < 1.29 is 4.39 Å². The number of hydrogen-bond acceptors (Lipinski definition) is 2. The van der Waals surface area contributed by atoms with Gasteiger partial charge in [0.05, 0.1) is 0 Å². The van der Waals surface area contributed by atoms with Crippen LogP contribution in [-0.4, -0.2) is 0 Å². The summed E-state index contributed by atoms with van der Waals surface area (Å²) in [6.45, 7) is 2.10. The van der Waals surface area contributed by atoms with Crippen molar-refractivity contribution in [1.82, 2.24) is 0 Å². The first-order valence-electron chi connectivity index (χ1n) is 4.11. The van der Waals surface area contributed by atoms with E-state index in [2.05, 4.69) is 24.9 Å². The Morgan fingerprint density at radius 3 is 2.92 bits per heavy atom. The fourth-order valence-corrected chi connectivity index (χ4v) is 2.99. The van der Waals surface area contributed by atoms with Gasteiger partial charge < -0.3 is 0 Å². The molecule has 0 aliphatic heterocycles. The Labute approximate surface area is 85.8 Å².